The molecule has 2 aromatic carbocycles. The number of hydrogen-bond acceptors (Lipinski definition) is 2. The normalized spacial score (nSPS) is 12.4. The predicted octanol–water partition coefficient (Wildman–Crippen LogP) is 4.10. The number of benzene rings is 2. The van der Waals surface area contributed by atoms with E-state index >= 15 is 0 Å². The van der Waals surface area contributed by atoms with Crippen LogP contribution in [0.4, 0.5) is 4.39 Å². The summed E-state index contributed by atoms with van der Waals surface area (Å²) >= 11 is 1.75. The Balaban J connectivity index is 1.90. The second kappa shape index (κ2) is 6.91. The molecule has 0 saturated carbocycles. The summed E-state index contributed by atoms with van der Waals surface area (Å²) in [6.45, 7) is 4.07. The molecular weight excluding hydrogens is 269 g/mol. The Morgan fingerprint density at radius 1 is 1.10 bits per heavy atom. The summed E-state index contributed by atoms with van der Waals surface area (Å²) < 4.78 is 13.2. The van der Waals surface area contributed by atoms with E-state index in [1.54, 1.807) is 17.8 Å². The van der Waals surface area contributed by atoms with Crippen molar-refractivity contribution in [1.82, 2.24) is 0 Å². The molecule has 2 N–H and O–H groups in total. The Morgan fingerprint density at radius 2 is 1.80 bits per heavy atom. The Kier molecular flexibility index (Phi) is 5.21. The number of aryl methyl sites for hydroxylation is 2. The number of rotatable bonds is 5. The highest BCUT2D eigenvalue weighted by molar-refractivity contribution is 7.99. The van der Waals surface area contributed by atoms with E-state index in [9.17, 15) is 4.39 Å². The van der Waals surface area contributed by atoms with E-state index < -0.39 is 0 Å². The van der Waals surface area contributed by atoms with Gasteiger partial charge in [0.25, 0.3) is 0 Å². The Bertz CT molecular complexity index is 566. The van der Waals surface area contributed by atoms with Crippen LogP contribution in [-0.4, -0.2) is 11.8 Å². The minimum Gasteiger partial charge on any atom is -0.327 e. The van der Waals surface area contributed by atoms with Crippen LogP contribution in [0.15, 0.2) is 47.4 Å². The molecule has 0 spiro atoms. The number of halogens is 1. The second-order valence-electron chi connectivity index (χ2n) is 5.16. The molecule has 0 radical (unpaired) electrons. The van der Waals surface area contributed by atoms with Crippen LogP contribution in [0.25, 0.3) is 0 Å². The molecule has 1 atom stereocenters. The average molecular weight is 289 g/mol. The lowest BCUT2D eigenvalue weighted by Gasteiger charge is -2.13. The number of hydrogen-bond donors (Lipinski definition) is 1. The quantitative estimate of drug-likeness (QED) is 0.838. The van der Waals surface area contributed by atoms with Gasteiger partial charge in [0.15, 0.2) is 0 Å². The van der Waals surface area contributed by atoms with Crippen LogP contribution in [0.5, 0.6) is 0 Å². The molecule has 2 aromatic rings. The lowest BCUT2D eigenvalue weighted by molar-refractivity contribution is 0.622. The second-order valence-corrected chi connectivity index (χ2v) is 6.25. The van der Waals surface area contributed by atoms with Crippen molar-refractivity contribution in [2.75, 3.05) is 5.75 Å². The first-order valence-corrected chi connectivity index (χ1v) is 7.73. The van der Waals surface area contributed by atoms with Crippen LogP contribution in [-0.2, 0) is 6.42 Å². The fraction of sp³-hybridized carbons (Fsp3) is 0.294. The van der Waals surface area contributed by atoms with Gasteiger partial charge >= 0.3 is 0 Å². The van der Waals surface area contributed by atoms with Gasteiger partial charge in [0, 0.05) is 16.7 Å². The molecule has 3 heteroatoms. The summed E-state index contributed by atoms with van der Waals surface area (Å²) in [5, 5.41) is 0. The first kappa shape index (κ1) is 15.1. The summed E-state index contributed by atoms with van der Waals surface area (Å²) in [6.07, 6.45) is 0.711. The smallest absolute Gasteiger partial charge is 0.123 e. The van der Waals surface area contributed by atoms with Gasteiger partial charge in [-0.3, -0.25) is 0 Å². The highest BCUT2D eigenvalue weighted by Crippen LogP contribution is 2.20. The van der Waals surface area contributed by atoms with Crippen molar-refractivity contribution in [3.05, 3.63) is 65.0 Å². The fourth-order valence-electron chi connectivity index (χ4n) is 2.04. The maximum atomic E-state index is 13.2. The molecule has 1 nitrogen and oxygen atoms in total. The van der Waals surface area contributed by atoms with Crippen molar-refractivity contribution < 1.29 is 4.39 Å². The minimum absolute atomic E-state index is 0.0294. The molecule has 0 saturated heterocycles. The van der Waals surface area contributed by atoms with Gasteiger partial charge < -0.3 is 5.73 Å². The zero-order chi connectivity index (χ0) is 14.5. The Hall–Kier alpha value is -1.32. The van der Waals surface area contributed by atoms with Crippen molar-refractivity contribution in [3.63, 3.8) is 0 Å². The Labute approximate surface area is 124 Å². The summed E-state index contributed by atoms with van der Waals surface area (Å²) in [7, 11) is 0. The van der Waals surface area contributed by atoms with Gasteiger partial charge in [0.2, 0.25) is 0 Å². The van der Waals surface area contributed by atoms with E-state index in [1.807, 2.05) is 13.0 Å². The number of nitrogens with two attached hydrogens (primary N) is 1. The van der Waals surface area contributed by atoms with Gasteiger partial charge in [-0.05, 0) is 55.7 Å². The summed E-state index contributed by atoms with van der Waals surface area (Å²) in [5.41, 5.74) is 9.52. The monoisotopic (exact) mass is 289 g/mol. The van der Waals surface area contributed by atoms with Gasteiger partial charge in [-0.1, -0.05) is 23.8 Å². The SMILES string of the molecule is Cc1ccc(SCC(N)Cc2cc(F)ccc2C)cc1. The van der Waals surface area contributed by atoms with Gasteiger partial charge in [-0.25, -0.2) is 4.39 Å². The van der Waals surface area contributed by atoms with E-state index in [4.69, 9.17) is 5.73 Å². The lowest BCUT2D eigenvalue weighted by Crippen LogP contribution is -2.26. The summed E-state index contributed by atoms with van der Waals surface area (Å²) in [6, 6.07) is 13.3. The summed E-state index contributed by atoms with van der Waals surface area (Å²) in [4.78, 5) is 1.22. The molecule has 2 rings (SSSR count). The maximum absolute atomic E-state index is 13.2. The maximum Gasteiger partial charge on any atom is 0.123 e. The van der Waals surface area contributed by atoms with E-state index in [2.05, 4.69) is 31.2 Å². The van der Waals surface area contributed by atoms with Crippen molar-refractivity contribution in [3.8, 4) is 0 Å². The zero-order valence-corrected chi connectivity index (χ0v) is 12.7. The third-order valence-electron chi connectivity index (χ3n) is 3.28. The van der Waals surface area contributed by atoms with Crippen LogP contribution in [0.3, 0.4) is 0 Å². The third-order valence-corrected chi connectivity index (χ3v) is 4.48. The molecule has 0 aliphatic rings. The van der Waals surface area contributed by atoms with Crippen molar-refractivity contribution in [2.24, 2.45) is 5.73 Å². The van der Waals surface area contributed by atoms with E-state index in [0.717, 1.165) is 16.9 Å². The fourth-order valence-corrected chi connectivity index (χ4v) is 2.89. The van der Waals surface area contributed by atoms with Crippen LogP contribution < -0.4 is 5.73 Å². The van der Waals surface area contributed by atoms with Crippen LogP contribution in [0.2, 0.25) is 0 Å². The first-order valence-electron chi connectivity index (χ1n) is 6.74. The van der Waals surface area contributed by atoms with Crippen molar-refractivity contribution >= 4 is 11.8 Å². The van der Waals surface area contributed by atoms with Crippen LogP contribution in [0.1, 0.15) is 16.7 Å². The highest BCUT2D eigenvalue weighted by atomic mass is 32.2. The molecule has 106 valence electrons. The van der Waals surface area contributed by atoms with Gasteiger partial charge in [-0.2, -0.15) is 0 Å². The van der Waals surface area contributed by atoms with Gasteiger partial charge in [-0.15, -0.1) is 11.8 Å². The molecule has 0 bridgehead atoms. The largest absolute Gasteiger partial charge is 0.327 e. The molecule has 20 heavy (non-hydrogen) atoms. The molecule has 0 aliphatic carbocycles. The van der Waals surface area contributed by atoms with E-state index in [-0.39, 0.29) is 11.9 Å². The van der Waals surface area contributed by atoms with Crippen LogP contribution in [0, 0.1) is 19.7 Å². The van der Waals surface area contributed by atoms with E-state index in [1.165, 1.54) is 16.5 Å². The Morgan fingerprint density at radius 3 is 2.50 bits per heavy atom. The molecule has 0 heterocycles. The minimum atomic E-state index is -0.191. The molecule has 0 fully saturated rings. The highest BCUT2D eigenvalue weighted by Gasteiger charge is 2.08. The first-order chi connectivity index (χ1) is 9.54. The number of thioether (sulfide) groups is 1. The van der Waals surface area contributed by atoms with Gasteiger partial charge in [0.05, 0.1) is 0 Å². The third kappa shape index (κ3) is 4.36. The molecule has 0 aliphatic heterocycles. The molecule has 0 aromatic heterocycles. The van der Waals surface area contributed by atoms with Crippen molar-refractivity contribution in [1.29, 1.82) is 0 Å². The lowest BCUT2D eigenvalue weighted by atomic mass is 10.0. The standard InChI is InChI=1S/C17H20FNS/c1-12-3-7-17(8-4-12)20-11-16(19)10-14-9-15(18)6-5-13(14)2/h3-9,16H,10-11,19H2,1-2H3. The van der Waals surface area contributed by atoms with E-state index in [0.29, 0.717) is 6.42 Å². The predicted molar refractivity (Wildman–Crippen MR) is 84.7 cm³/mol. The van der Waals surface area contributed by atoms with Gasteiger partial charge in [0.1, 0.15) is 5.82 Å². The zero-order valence-electron chi connectivity index (χ0n) is 11.9. The molecule has 0 amide bonds. The van der Waals surface area contributed by atoms with Crippen molar-refractivity contribution in [2.45, 2.75) is 31.2 Å². The topological polar surface area (TPSA) is 26.0 Å². The van der Waals surface area contributed by atoms with Crippen LogP contribution >= 0.6 is 11.8 Å². The molecular formula is C17H20FNS. The molecule has 1 unspecified atom stereocenters. The summed E-state index contributed by atoms with van der Waals surface area (Å²) in [5.74, 6) is 0.642. The average Bonchev–Trinajstić information content (AvgIpc) is 2.42.